The number of ether oxygens (including phenoxy) is 2. The molecule has 0 radical (unpaired) electrons. The number of fused-ring (bicyclic) bond motifs is 1. The second-order valence-corrected chi connectivity index (χ2v) is 12.5. The fraction of sp³-hybridized carbons (Fsp3) is 0.267. The maximum atomic E-state index is 13.8. The molecule has 2 aliphatic rings. The zero-order valence-corrected chi connectivity index (χ0v) is 22.9. The summed E-state index contributed by atoms with van der Waals surface area (Å²) in [6.45, 7) is 2.26. The predicted molar refractivity (Wildman–Crippen MR) is 149 cm³/mol. The summed E-state index contributed by atoms with van der Waals surface area (Å²) in [5.74, 6) is 0.663. The van der Waals surface area contributed by atoms with Crippen molar-refractivity contribution in [2.45, 2.75) is 32.0 Å². The van der Waals surface area contributed by atoms with E-state index in [9.17, 15) is 18.3 Å². The van der Waals surface area contributed by atoms with Crippen molar-refractivity contribution in [3.8, 4) is 28.5 Å². The molecule has 3 aromatic carbocycles. The number of nitrogens with one attached hydrogen (secondary N) is 1. The van der Waals surface area contributed by atoms with Crippen LogP contribution in [0.3, 0.4) is 0 Å². The Hall–Kier alpha value is -4.31. The van der Waals surface area contributed by atoms with Crippen molar-refractivity contribution in [3.63, 3.8) is 0 Å². The van der Waals surface area contributed by atoms with Gasteiger partial charge in [0.05, 0.1) is 24.7 Å². The number of aromatic amines is 1. The number of hydrogen-bond acceptors (Lipinski definition) is 7. The van der Waals surface area contributed by atoms with E-state index >= 15 is 0 Å². The lowest BCUT2D eigenvalue weighted by molar-refractivity contribution is 0.0677. The van der Waals surface area contributed by atoms with Crippen LogP contribution in [0.25, 0.3) is 11.3 Å². The van der Waals surface area contributed by atoms with Gasteiger partial charge in [-0.3, -0.25) is 9.89 Å². The largest absolute Gasteiger partial charge is 0.507 e. The van der Waals surface area contributed by atoms with E-state index in [1.165, 1.54) is 0 Å². The molecule has 206 valence electrons. The summed E-state index contributed by atoms with van der Waals surface area (Å²) >= 11 is 0. The van der Waals surface area contributed by atoms with Gasteiger partial charge >= 0.3 is 0 Å². The number of amides is 1. The number of aryl methyl sites for hydroxylation is 1. The first kappa shape index (κ1) is 25.9. The molecule has 1 amide bonds. The molecule has 0 spiro atoms. The number of carbonyl (C=O) groups is 1. The number of H-pyrrole nitrogens is 1. The molecule has 2 unspecified atom stereocenters. The molecule has 2 N–H and O–H groups in total. The maximum Gasteiger partial charge on any atom is 0.273 e. The Bertz CT molecular complexity index is 1700. The van der Waals surface area contributed by atoms with Gasteiger partial charge in [0.2, 0.25) is 0 Å². The van der Waals surface area contributed by atoms with E-state index in [-0.39, 0.29) is 28.9 Å². The van der Waals surface area contributed by atoms with Crippen LogP contribution in [0.15, 0.2) is 66.7 Å². The standard InChI is InChI=1S/C30H29N3O6S/c1-18-8-10-23(34)22(14-18)27-26-28(32-31-27)30(35)33(21-12-13-40(36,37)17-21)29(26)20-9-11-24(25(15-20)38-2)39-16-19-6-4-3-5-7-19/h3-11,14-15,21,29,34H,12-13,16-17H2,1-2H3,(H,31,32). The molecule has 1 fully saturated rings. The van der Waals surface area contributed by atoms with E-state index in [0.29, 0.717) is 41.3 Å². The minimum absolute atomic E-state index is 0.0292. The molecule has 0 aliphatic carbocycles. The summed E-state index contributed by atoms with van der Waals surface area (Å²) in [5.41, 5.74) is 4.46. The number of sulfone groups is 1. The number of aromatic nitrogens is 2. The first-order valence-electron chi connectivity index (χ1n) is 13.0. The van der Waals surface area contributed by atoms with Gasteiger partial charge in [-0.05, 0) is 48.7 Å². The van der Waals surface area contributed by atoms with Gasteiger partial charge in [0.15, 0.2) is 21.3 Å². The zero-order chi connectivity index (χ0) is 28.0. The van der Waals surface area contributed by atoms with Gasteiger partial charge in [0.1, 0.15) is 23.7 Å². The summed E-state index contributed by atoms with van der Waals surface area (Å²) in [4.78, 5) is 15.4. The summed E-state index contributed by atoms with van der Waals surface area (Å²) in [5, 5.41) is 18.0. The monoisotopic (exact) mass is 559 g/mol. The highest BCUT2D eigenvalue weighted by atomic mass is 32.2. The predicted octanol–water partition coefficient (Wildman–Crippen LogP) is 4.41. The average Bonchev–Trinajstić information content (AvgIpc) is 3.62. The van der Waals surface area contributed by atoms with E-state index in [1.54, 1.807) is 30.2 Å². The van der Waals surface area contributed by atoms with Crippen molar-refractivity contribution >= 4 is 15.7 Å². The summed E-state index contributed by atoms with van der Waals surface area (Å²) in [6, 6.07) is 19.3. The van der Waals surface area contributed by atoms with Crippen LogP contribution in [0.2, 0.25) is 0 Å². The minimum Gasteiger partial charge on any atom is -0.507 e. The quantitative estimate of drug-likeness (QED) is 0.344. The van der Waals surface area contributed by atoms with Crippen LogP contribution in [0, 0.1) is 6.92 Å². The Morgan fingerprint density at radius 2 is 1.88 bits per heavy atom. The third kappa shape index (κ3) is 4.58. The second-order valence-electron chi connectivity index (χ2n) is 10.2. The van der Waals surface area contributed by atoms with Crippen LogP contribution in [-0.2, 0) is 16.4 Å². The van der Waals surface area contributed by atoms with Gasteiger partial charge in [0, 0.05) is 17.2 Å². The molecule has 40 heavy (non-hydrogen) atoms. The van der Waals surface area contributed by atoms with Gasteiger partial charge < -0.3 is 19.5 Å². The highest BCUT2D eigenvalue weighted by molar-refractivity contribution is 7.91. The molecule has 0 saturated carbocycles. The summed E-state index contributed by atoms with van der Waals surface area (Å²) < 4.78 is 36.6. The Morgan fingerprint density at radius 3 is 2.60 bits per heavy atom. The van der Waals surface area contributed by atoms with Crippen molar-refractivity contribution in [1.82, 2.24) is 15.1 Å². The Morgan fingerprint density at radius 1 is 1.07 bits per heavy atom. The van der Waals surface area contributed by atoms with Crippen molar-refractivity contribution in [2.24, 2.45) is 0 Å². The smallest absolute Gasteiger partial charge is 0.273 e. The van der Waals surface area contributed by atoms with Crippen LogP contribution in [0.4, 0.5) is 0 Å². The highest BCUT2D eigenvalue weighted by Crippen LogP contribution is 2.47. The third-order valence-corrected chi connectivity index (χ3v) is 9.30. The second kappa shape index (κ2) is 10.0. The first-order chi connectivity index (χ1) is 19.3. The number of rotatable bonds is 7. The number of methoxy groups -OCH3 is 1. The number of phenols is 1. The number of benzene rings is 3. The van der Waals surface area contributed by atoms with E-state index < -0.39 is 21.9 Å². The lowest BCUT2D eigenvalue weighted by atomic mass is 9.94. The Balaban J connectivity index is 1.45. The normalized spacial score (nSPS) is 19.6. The number of phenolic OH excluding ortho intramolecular Hbond substituents is 1. The topological polar surface area (TPSA) is 122 Å². The van der Waals surface area contributed by atoms with Crippen molar-refractivity contribution < 1.29 is 27.8 Å². The van der Waals surface area contributed by atoms with Gasteiger partial charge in [-0.25, -0.2) is 8.42 Å². The summed E-state index contributed by atoms with van der Waals surface area (Å²) in [7, 11) is -1.71. The molecule has 1 saturated heterocycles. The van der Waals surface area contributed by atoms with Crippen molar-refractivity contribution in [1.29, 1.82) is 0 Å². The van der Waals surface area contributed by atoms with Crippen LogP contribution >= 0.6 is 0 Å². The number of aromatic hydroxyl groups is 1. The zero-order valence-electron chi connectivity index (χ0n) is 22.1. The number of nitrogens with zero attached hydrogens (tertiary/aromatic N) is 2. The van der Waals surface area contributed by atoms with Crippen LogP contribution in [0.5, 0.6) is 17.2 Å². The SMILES string of the molecule is COc1cc(C2c3c(-c4cc(C)ccc4O)n[nH]c3C(=O)N2C2CCS(=O)(=O)C2)ccc1OCc1ccccc1. The molecule has 2 atom stereocenters. The minimum atomic E-state index is -3.26. The van der Waals surface area contributed by atoms with Crippen LogP contribution in [0.1, 0.15) is 45.2 Å². The third-order valence-electron chi connectivity index (χ3n) is 7.55. The summed E-state index contributed by atoms with van der Waals surface area (Å²) in [6.07, 6.45) is 0.350. The molecule has 3 heterocycles. The molecule has 6 rings (SSSR count). The molecule has 0 bridgehead atoms. The van der Waals surface area contributed by atoms with E-state index in [1.807, 2.05) is 55.5 Å². The molecule has 1 aromatic heterocycles. The first-order valence-corrected chi connectivity index (χ1v) is 14.8. The molecule has 4 aromatic rings. The lowest BCUT2D eigenvalue weighted by Crippen LogP contribution is -2.40. The molecule has 10 heteroatoms. The molecule has 2 aliphatic heterocycles. The fourth-order valence-corrected chi connectivity index (χ4v) is 7.33. The van der Waals surface area contributed by atoms with Gasteiger partial charge in [0.25, 0.3) is 5.91 Å². The van der Waals surface area contributed by atoms with Gasteiger partial charge in [-0.1, -0.05) is 48.0 Å². The van der Waals surface area contributed by atoms with Gasteiger partial charge in [-0.2, -0.15) is 5.10 Å². The van der Waals surface area contributed by atoms with E-state index in [0.717, 1.165) is 16.7 Å². The maximum absolute atomic E-state index is 13.8. The van der Waals surface area contributed by atoms with Gasteiger partial charge in [-0.15, -0.1) is 0 Å². The molecular formula is C30H29N3O6S. The van der Waals surface area contributed by atoms with Crippen LogP contribution < -0.4 is 9.47 Å². The fourth-order valence-electron chi connectivity index (χ4n) is 5.62. The molecule has 9 nitrogen and oxygen atoms in total. The van der Waals surface area contributed by atoms with Crippen molar-refractivity contribution in [2.75, 3.05) is 18.6 Å². The highest BCUT2D eigenvalue weighted by Gasteiger charge is 2.48. The average molecular weight is 560 g/mol. The van der Waals surface area contributed by atoms with Crippen LogP contribution in [-0.4, -0.2) is 59.2 Å². The van der Waals surface area contributed by atoms with Crippen molar-refractivity contribution in [3.05, 3.63) is 94.7 Å². The number of carbonyl (C=O) groups excluding carboxylic acids is 1. The number of hydrogen-bond donors (Lipinski definition) is 2. The lowest BCUT2D eigenvalue weighted by Gasteiger charge is -2.31. The molecular weight excluding hydrogens is 530 g/mol. The Labute approximate surface area is 232 Å². The van der Waals surface area contributed by atoms with E-state index in [4.69, 9.17) is 9.47 Å². The van der Waals surface area contributed by atoms with E-state index in [2.05, 4.69) is 10.2 Å². The Kier molecular flexibility index (Phi) is 6.50.